The standard InChI is InChI=1S/C72H80B2N4O6Si/c1-47(2)51-28-32-61-69(41-51)85(10,11)70-42-57(76(8)9)30-33-62(70)71(61)56-38-50(7)37-55(39-56)52-29-31-60-63(40-52)65(46-77(35-19-18-25-66(79)48(3)4)43-53-21-12-16-26-67(53)83-73-81)59-24-15-14-23-58(59)64(60)45-78(36-20-34-75-72(80)49(5)6)44-54-22-13-17-27-68(54)84-74-82/h12-17,21-24,26-33,37-42,47,81-82H,3,5,18-20,25,34-36,43-46H2,1-2,4,6-11H3/p+1. The van der Waals surface area contributed by atoms with E-state index in [2.05, 4.69) is 178 Å². The molecule has 2 aliphatic rings. The smallest absolute Gasteiger partial charge is 0.537 e. The maximum absolute atomic E-state index is 12.8. The van der Waals surface area contributed by atoms with Crippen molar-refractivity contribution in [3.05, 3.63) is 225 Å². The van der Waals surface area contributed by atoms with Gasteiger partial charge in [-0.15, -0.1) is 0 Å². The van der Waals surface area contributed by atoms with Crippen LogP contribution >= 0.6 is 0 Å². The fraction of sp³-hybridized carbons (Fsp3) is 0.292. The van der Waals surface area contributed by atoms with E-state index in [0.717, 1.165) is 65.6 Å². The number of nitrogens with one attached hydrogen (secondary N) is 1. The molecule has 0 unspecified atom stereocenters. The van der Waals surface area contributed by atoms with Crippen molar-refractivity contribution in [2.75, 3.05) is 33.7 Å². The van der Waals surface area contributed by atoms with Crippen LogP contribution in [0.15, 0.2) is 181 Å². The Bertz CT molecular complexity index is 3840. The average molecular weight is 1150 g/mol. The summed E-state index contributed by atoms with van der Waals surface area (Å²) in [5.41, 5.74) is 16.3. The molecule has 1 aliphatic carbocycles. The van der Waals surface area contributed by atoms with Gasteiger partial charge >= 0.3 is 15.4 Å². The quantitative estimate of drug-likeness (QED) is 0.0162. The molecule has 2 radical (unpaired) electrons. The molecule has 7 aromatic rings. The maximum atomic E-state index is 12.8. The summed E-state index contributed by atoms with van der Waals surface area (Å²) >= 11 is 0. The van der Waals surface area contributed by atoms with E-state index in [1.807, 2.05) is 48.5 Å². The SMILES string of the molecule is C=C(C)C(=O)CCCCN(Cc1ccccc1O[B]O)Cc1c2ccccc2c(CN(CCCNC(=O)C(=C)C)Cc2ccccc2O[B]O)c2ccc(-c3cc(C)cc(C4=C5C=CC(=[N+](C)C)C=C5[Si](C)(C)c5cc(C(C)C)ccc54)c3)cc12. The predicted octanol–water partition coefficient (Wildman–Crippen LogP) is 12.8. The third-order valence-electron chi connectivity index (χ3n) is 16.8. The second kappa shape index (κ2) is 27.6. The highest BCUT2D eigenvalue weighted by atomic mass is 28.3. The number of amides is 1. The van der Waals surface area contributed by atoms with Crippen molar-refractivity contribution in [3.63, 3.8) is 0 Å². The largest absolute Gasteiger partial charge is 0.569 e. The van der Waals surface area contributed by atoms with Crippen LogP contribution in [0.3, 0.4) is 0 Å². The number of rotatable bonds is 26. The lowest BCUT2D eigenvalue weighted by Crippen LogP contribution is -2.49. The number of nitrogens with zero attached hydrogens (tertiary/aromatic N) is 3. The van der Waals surface area contributed by atoms with Crippen molar-refractivity contribution < 1.29 is 33.5 Å². The number of ketones is 1. The molecule has 1 amide bonds. The Balaban J connectivity index is 1.24. The lowest BCUT2D eigenvalue weighted by Gasteiger charge is -2.38. The maximum Gasteiger partial charge on any atom is 0.569 e. The van der Waals surface area contributed by atoms with Gasteiger partial charge < -0.3 is 24.7 Å². The monoisotopic (exact) mass is 1150 g/mol. The molecule has 0 fully saturated rings. The molecule has 0 saturated carbocycles. The Hall–Kier alpha value is -7.64. The molecule has 1 aliphatic heterocycles. The Kier molecular flexibility index (Phi) is 20.1. The molecule has 3 N–H and O–H groups in total. The fourth-order valence-corrected chi connectivity index (χ4v) is 15.3. The van der Waals surface area contributed by atoms with Crippen LogP contribution < -0.4 is 19.8 Å². The lowest BCUT2D eigenvalue weighted by molar-refractivity contribution is -0.462. The molecule has 1 heterocycles. The van der Waals surface area contributed by atoms with Crippen molar-refractivity contribution in [3.8, 4) is 22.6 Å². The predicted molar refractivity (Wildman–Crippen MR) is 354 cm³/mol. The zero-order valence-corrected chi connectivity index (χ0v) is 52.1. The van der Waals surface area contributed by atoms with E-state index < -0.39 is 8.07 Å². The van der Waals surface area contributed by atoms with Crippen LogP contribution in [0.25, 0.3) is 38.2 Å². The summed E-state index contributed by atoms with van der Waals surface area (Å²) in [7, 11) is 3.54. The number of hydrogen-bond acceptors (Lipinski definition) is 8. The van der Waals surface area contributed by atoms with Gasteiger partial charge in [0.15, 0.2) is 11.5 Å². The molecule has 13 heteroatoms. The number of para-hydroxylation sites is 2. The molecule has 0 aromatic heterocycles. The number of carbonyl (C=O) groups is 2. The summed E-state index contributed by atoms with van der Waals surface area (Å²) in [6.45, 7) is 27.0. The Morgan fingerprint density at radius 1 is 0.659 bits per heavy atom. The molecular weight excluding hydrogens is 1070 g/mol. The van der Waals surface area contributed by atoms with Crippen LogP contribution in [0.2, 0.25) is 13.1 Å². The van der Waals surface area contributed by atoms with Gasteiger partial charge in [0.1, 0.15) is 33.7 Å². The minimum Gasteiger partial charge on any atom is -0.537 e. The summed E-state index contributed by atoms with van der Waals surface area (Å²) in [5.74, 6) is 1.45. The lowest BCUT2D eigenvalue weighted by atomic mass is 9.85. The first kappa shape index (κ1) is 61.9. The van der Waals surface area contributed by atoms with Crippen molar-refractivity contribution in [2.24, 2.45) is 0 Å². The molecule has 0 saturated heterocycles. The second-order valence-electron chi connectivity index (χ2n) is 24.1. The molecule has 7 aromatic carbocycles. The Morgan fingerprint density at radius 3 is 1.85 bits per heavy atom. The molecule has 10 nitrogen and oxygen atoms in total. The Morgan fingerprint density at radius 2 is 1.25 bits per heavy atom. The summed E-state index contributed by atoms with van der Waals surface area (Å²) in [4.78, 5) is 30.4. The molecule has 434 valence electrons. The zero-order valence-electron chi connectivity index (χ0n) is 51.1. The van der Waals surface area contributed by atoms with Crippen molar-refractivity contribution >= 4 is 73.2 Å². The second-order valence-corrected chi connectivity index (χ2v) is 28.4. The van der Waals surface area contributed by atoms with Gasteiger partial charge in [0.25, 0.3) is 0 Å². The van der Waals surface area contributed by atoms with Gasteiger partial charge in [0.05, 0.1) is 0 Å². The van der Waals surface area contributed by atoms with Gasteiger partial charge in [0, 0.05) is 74.5 Å². The van der Waals surface area contributed by atoms with Crippen LogP contribution in [0.1, 0.15) is 104 Å². The first-order valence-electron chi connectivity index (χ1n) is 29.8. The van der Waals surface area contributed by atoms with Crippen LogP contribution in [-0.4, -0.2) is 99.0 Å². The van der Waals surface area contributed by atoms with E-state index in [4.69, 9.17) is 9.31 Å². The third kappa shape index (κ3) is 14.2. The van der Waals surface area contributed by atoms with Crippen molar-refractivity contribution in [2.45, 2.75) is 105 Å². The number of allylic oxidation sites excluding steroid dienone is 6. The molecule has 0 spiro atoms. The van der Waals surface area contributed by atoms with E-state index in [0.29, 0.717) is 93.6 Å². The molecule has 85 heavy (non-hydrogen) atoms. The highest BCUT2D eigenvalue weighted by Gasteiger charge is 2.40. The van der Waals surface area contributed by atoms with Crippen LogP contribution in [0.4, 0.5) is 0 Å². The average Bonchev–Trinajstić information content (AvgIpc) is 0.840. The number of hydrogen-bond donors (Lipinski definition) is 3. The van der Waals surface area contributed by atoms with Crippen molar-refractivity contribution in [1.29, 1.82) is 0 Å². The first-order chi connectivity index (χ1) is 40.9. The van der Waals surface area contributed by atoms with Gasteiger partial charge in [-0.3, -0.25) is 19.4 Å². The summed E-state index contributed by atoms with van der Waals surface area (Å²) < 4.78 is 13.6. The zero-order chi connectivity index (χ0) is 60.5. The summed E-state index contributed by atoms with van der Waals surface area (Å²) in [6.07, 6.45) is 9.68. The number of fused-ring (bicyclic) bond motifs is 4. The summed E-state index contributed by atoms with van der Waals surface area (Å²) in [6, 6.07) is 45.6. The fourth-order valence-electron chi connectivity index (χ4n) is 12.2. The van der Waals surface area contributed by atoms with Gasteiger partial charge in [-0.05, 0) is 176 Å². The van der Waals surface area contributed by atoms with E-state index in [1.54, 1.807) is 13.8 Å². The Labute approximate surface area is 506 Å². The first-order valence-corrected chi connectivity index (χ1v) is 32.8. The minimum atomic E-state index is -2.17. The van der Waals surface area contributed by atoms with Crippen LogP contribution in [-0.2, 0) is 35.8 Å². The number of benzene rings is 7. The highest BCUT2D eigenvalue weighted by Crippen LogP contribution is 2.44. The highest BCUT2D eigenvalue weighted by molar-refractivity contribution is 6.98. The van der Waals surface area contributed by atoms with Gasteiger partial charge in [0.2, 0.25) is 5.91 Å². The van der Waals surface area contributed by atoms with E-state index >= 15 is 0 Å². The topological polar surface area (TPSA) is 115 Å². The van der Waals surface area contributed by atoms with Crippen LogP contribution in [0.5, 0.6) is 11.5 Å². The van der Waals surface area contributed by atoms with E-state index in [-0.39, 0.29) is 11.7 Å². The molecular formula is C72H81B2N4O6Si+. The van der Waals surface area contributed by atoms with Gasteiger partial charge in [-0.1, -0.05) is 143 Å². The van der Waals surface area contributed by atoms with Crippen molar-refractivity contribution in [1.82, 2.24) is 15.1 Å². The van der Waals surface area contributed by atoms with E-state index in [9.17, 15) is 19.6 Å². The number of aryl methyl sites for hydroxylation is 1. The number of unbranched alkanes of at least 4 members (excludes halogenated alkanes) is 1. The van der Waals surface area contributed by atoms with E-state index in [1.165, 1.54) is 60.6 Å². The van der Waals surface area contributed by atoms with Crippen LogP contribution in [0, 0.1) is 6.92 Å². The number of Topliss-reactive ketones (excluding diaryl/α,β-unsaturated/α-hetero) is 1. The normalized spacial score (nSPS) is 13.5. The third-order valence-corrected chi connectivity index (χ3v) is 20.4. The van der Waals surface area contributed by atoms with Gasteiger partial charge in [-0.25, -0.2) is 4.58 Å². The summed E-state index contributed by atoms with van der Waals surface area (Å²) in [5, 5.41) is 30.2. The minimum absolute atomic E-state index is 0.0799. The molecule has 0 bridgehead atoms. The molecule has 9 rings (SSSR count). The number of carbonyl (C=O) groups excluding carboxylic acids is 2. The molecule has 0 atom stereocenters. The van der Waals surface area contributed by atoms with Gasteiger partial charge in [-0.2, -0.15) is 0 Å².